The van der Waals surface area contributed by atoms with Crippen molar-refractivity contribution in [3.8, 4) is 11.5 Å². The summed E-state index contributed by atoms with van der Waals surface area (Å²) in [6.45, 7) is 8.21. The van der Waals surface area contributed by atoms with E-state index in [1.54, 1.807) is 7.11 Å². The summed E-state index contributed by atoms with van der Waals surface area (Å²) in [4.78, 5) is 0. The van der Waals surface area contributed by atoms with Gasteiger partial charge in [-0.2, -0.15) is 0 Å². The van der Waals surface area contributed by atoms with Gasteiger partial charge in [0.05, 0.1) is 13.2 Å². The first-order valence-electron chi connectivity index (χ1n) is 6.60. The number of hydrogen-bond donors (Lipinski definition) is 0. The van der Waals surface area contributed by atoms with Gasteiger partial charge in [-0.25, -0.2) is 0 Å². The Morgan fingerprint density at radius 2 is 1.67 bits per heavy atom. The Balaban J connectivity index is 2.83. The van der Waals surface area contributed by atoms with Gasteiger partial charge < -0.3 is 14.2 Å². The molecule has 3 heteroatoms. The van der Waals surface area contributed by atoms with Gasteiger partial charge in [0.1, 0.15) is 18.1 Å². The molecule has 102 valence electrons. The fourth-order valence-electron chi connectivity index (χ4n) is 1.69. The van der Waals surface area contributed by atoms with Crippen molar-refractivity contribution in [1.29, 1.82) is 0 Å². The van der Waals surface area contributed by atoms with Crippen LogP contribution >= 0.6 is 0 Å². The van der Waals surface area contributed by atoms with E-state index in [1.165, 1.54) is 5.56 Å². The summed E-state index contributed by atoms with van der Waals surface area (Å²) in [5, 5.41) is 0. The molecule has 3 nitrogen and oxygen atoms in total. The van der Waals surface area contributed by atoms with Crippen molar-refractivity contribution in [2.24, 2.45) is 0 Å². The van der Waals surface area contributed by atoms with Crippen LogP contribution in [0.1, 0.15) is 38.7 Å². The van der Waals surface area contributed by atoms with Gasteiger partial charge in [0.2, 0.25) is 0 Å². The van der Waals surface area contributed by atoms with E-state index >= 15 is 0 Å². The van der Waals surface area contributed by atoms with Gasteiger partial charge in [-0.1, -0.05) is 13.8 Å². The third kappa shape index (κ3) is 4.57. The topological polar surface area (TPSA) is 27.7 Å². The van der Waals surface area contributed by atoms with Gasteiger partial charge in [-0.05, 0) is 37.0 Å². The predicted octanol–water partition coefficient (Wildman–Crippen LogP) is 3.62. The Bertz CT molecular complexity index is 350. The fourth-order valence-corrected chi connectivity index (χ4v) is 1.69. The first kappa shape index (κ1) is 14.8. The molecule has 0 saturated carbocycles. The lowest BCUT2D eigenvalue weighted by Gasteiger charge is -2.14. The number of methoxy groups -OCH3 is 1. The summed E-state index contributed by atoms with van der Waals surface area (Å²) >= 11 is 0. The molecule has 0 aromatic heterocycles. The van der Waals surface area contributed by atoms with E-state index in [-0.39, 0.29) is 0 Å². The molecule has 0 N–H and O–H groups in total. The summed E-state index contributed by atoms with van der Waals surface area (Å²) in [5.41, 5.74) is 1.26. The first-order valence-corrected chi connectivity index (χ1v) is 6.60. The molecule has 0 radical (unpaired) electrons. The van der Waals surface area contributed by atoms with Crippen molar-refractivity contribution in [3.05, 3.63) is 23.8 Å². The molecule has 0 saturated heterocycles. The lowest BCUT2D eigenvalue weighted by Crippen LogP contribution is -2.05. The maximum atomic E-state index is 5.66. The summed E-state index contributed by atoms with van der Waals surface area (Å²) in [6.07, 6.45) is 1.10. The molecule has 1 aromatic carbocycles. The second kappa shape index (κ2) is 7.98. The van der Waals surface area contributed by atoms with Crippen molar-refractivity contribution < 1.29 is 14.2 Å². The smallest absolute Gasteiger partial charge is 0.123 e. The summed E-state index contributed by atoms with van der Waals surface area (Å²) < 4.78 is 16.2. The van der Waals surface area contributed by atoms with E-state index in [2.05, 4.69) is 26.0 Å². The molecular formula is C15H24O3. The van der Waals surface area contributed by atoms with Gasteiger partial charge in [0.15, 0.2) is 0 Å². The minimum atomic E-state index is 0.509. The predicted molar refractivity (Wildman–Crippen MR) is 73.7 cm³/mol. The summed E-state index contributed by atoms with van der Waals surface area (Å²) in [7, 11) is 1.67. The second-order valence-electron chi connectivity index (χ2n) is 4.32. The van der Waals surface area contributed by atoms with E-state index in [0.29, 0.717) is 25.7 Å². The molecule has 1 aromatic rings. The molecular weight excluding hydrogens is 228 g/mol. The molecule has 18 heavy (non-hydrogen) atoms. The highest BCUT2D eigenvalue weighted by Gasteiger charge is 2.08. The Morgan fingerprint density at radius 3 is 2.22 bits per heavy atom. The van der Waals surface area contributed by atoms with Crippen LogP contribution in [0.25, 0.3) is 0 Å². The zero-order chi connectivity index (χ0) is 13.4. The van der Waals surface area contributed by atoms with Crippen molar-refractivity contribution in [1.82, 2.24) is 0 Å². The van der Waals surface area contributed by atoms with Crippen LogP contribution in [0.4, 0.5) is 0 Å². The van der Waals surface area contributed by atoms with Crippen LogP contribution < -0.4 is 9.47 Å². The van der Waals surface area contributed by atoms with Crippen molar-refractivity contribution in [2.45, 2.75) is 33.1 Å². The van der Waals surface area contributed by atoms with Crippen molar-refractivity contribution in [3.63, 3.8) is 0 Å². The molecule has 0 heterocycles. The first-order chi connectivity index (χ1) is 8.71. The Kier molecular flexibility index (Phi) is 6.58. The van der Waals surface area contributed by atoms with Gasteiger partial charge in [-0.15, -0.1) is 0 Å². The van der Waals surface area contributed by atoms with E-state index in [4.69, 9.17) is 14.2 Å². The van der Waals surface area contributed by atoms with Crippen LogP contribution in [0.3, 0.4) is 0 Å². The Labute approximate surface area is 110 Å². The monoisotopic (exact) mass is 252 g/mol. The highest BCUT2D eigenvalue weighted by Crippen LogP contribution is 2.29. The van der Waals surface area contributed by atoms with Crippen LogP contribution in [-0.2, 0) is 4.74 Å². The van der Waals surface area contributed by atoms with Gasteiger partial charge in [0.25, 0.3) is 0 Å². The largest absolute Gasteiger partial charge is 0.494 e. The van der Waals surface area contributed by atoms with Gasteiger partial charge in [-0.3, -0.25) is 0 Å². The zero-order valence-corrected chi connectivity index (χ0v) is 11.9. The van der Waals surface area contributed by atoms with E-state index in [0.717, 1.165) is 17.9 Å². The number of hydrogen-bond acceptors (Lipinski definition) is 3. The average molecular weight is 252 g/mol. The van der Waals surface area contributed by atoms with Crippen LogP contribution in [0, 0.1) is 0 Å². The third-order valence-electron chi connectivity index (χ3n) is 2.95. The molecule has 1 atom stereocenters. The number of ether oxygens (including phenoxy) is 3. The molecule has 1 unspecified atom stereocenters. The summed E-state index contributed by atoms with van der Waals surface area (Å²) in [5.74, 6) is 2.24. The minimum Gasteiger partial charge on any atom is -0.494 e. The van der Waals surface area contributed by atoms with Crippen LogP contribution in [0.5, 0.6) is 11.5 Å². The minimum absolute atomic E-state index is 0.509. The lowest BCUT2D eigenvalue weighted by atomic mass is 9.98. The number of benzene rings is 1. The van der Waals surface area contributed by atoms with Crippen LogP contribution in [0.15, 0.2) is 18.2 Å². The Hall–Kier alpha value is -1.22. The SMILES string of the molecule is CCOc1cc(OCCOC)cc(C(C)CC)c1. The van der Waals surface area contributed by atoms with E-state index < -0.39 is 0 Å². The fraction of sp³-hybridized carbons (Fsp3) is 0.600. The van der Waals surface area contributed by atoms with E-state index in [9.17, 15) is 0 Å². The van der Waals surface area contributed by atoms with Crippen LogP contribution in [0.2, 0.25) is 0 Å². The van der Waals surface area contributed by atoms with E-state index in [1.807, 2.05) is 13.0 Å². The Morgan fingerprint density at radius 1 is 1.00 bits per heavy atom. The molecule has 1 rings (SSSR count). The molecule has 0 bridgehead atoms. The maximum Gasteiger partial charge on any atom is 0.123 e. The quantitative estimate of drug-likeness (QED) is 0.661. The highest BCUT2D eigenvalue weighted by atomic mass is 16.5. The van der Waals surface area contributed by atoms with Gasteiger partial charge >= 0.3 is 0 Å². The average Bonchev–Trinajstić information content (AvgIpc) is 2.38. The zero-order valence-electron chi connectivity index (χ0n) is 11.9. The lowest BCUT2D eigenvalue weighted by molar-refractivity contribution is 0.146. The van der Waals surface area contributed by atoms with Gasteiger partial charge in [0, 0.05) is 13.2 Å². The summed E-state index contributed by atoms with van der Waals surface area (Å²) in [6, 6.07) is 6.12. The molecule has 0 amide bonds. The van der Waals surface area contributed by atoms with Crippen molar-refractivity contribution >= 4 is 0 Å². The molecule has 0 spiro atoms. The maximum absolute atomic E-state index is 5.66. The molecule has 0 fully saturated rings. The second-order valence-corrected chi connectivity index (χ2v) is 4.32. The molecule has 0 aliphatic carbocycles. The number of rotatable bonds is 8. The highest BCUT2D eigenvalue weighted by molar-refractivity contribution is 5.39. The third-order valence-corrected chi connectivity index (χ3v) is 2.95. The molecule has 0 aliphatic heterocycles. The van der Waals surface area contributed by atoms with Crippen LogP contribution in [-0.4, -0.2) is 26.9 Å². The standard InChI is InChI=1S/C15H24O3/c1-5-12(3)13-9-14(17-6-2)11-15(10-13)18-8-7-16-4/h9-12H,5-8H2,1-4H3. The molecule has 0 aliphatic rings. The normalized spacial score (nSPS) is 12.2. The van der Waals surface area contributed by atoms with Crippen molar-refractivity contribution in [2.75, 3.05) is 26.9 Å².